The van der Waals surface area contributed by atoms with Crippen molar-refractivity contribution < 1.29 is 19.4 Å². The number of aliphatic hydroxyl groups is 1. The summed E-state index contributed by atoms with van der Waals surface area (Å²) in [5.41, 5.74) is 0.801. The molecule has 0 aliphatic heterocycles. The minimum absolute atomic E-state index is 0.121. The minimum atomic E-state index is -0.737. The Kier molecular flexibility index (Phi) is 7.54. The van der Waals surface area contributed by atoms with Crippen LogP contribution in [0, 0.1) is 5.92 Å². The molecule has 0 saturated carbocycles. The normalized spacial score (nSPS) is 13.5. The van der Waals surface area contributed by atoms with Gasteiger partial charge in [0.25, 0.3) is 0 Å². The van der Waals surface area contributed by atoms with Crippen molar-refractivity contribution in [1.82, 2.24) is 10.6 Å². The van der Waals surface area contributed by atoms with Crippen LogP contribution in [0.2, 0.25) is 0 Å². The molecule has 0 heterocycles. The highest BCUT2D eigenvalue weighted by molar-refractivity contribution is 5.86. The number of ether oxygens (including phenoxy) is 1. The fourth-order valence-electron chi connectivity index (χ4n) is 2.09. The van der Waals surface area contributed by atoms with Crippen LogP contribution >= 0.6 is 0 Å². The van der Waals surface area contributed by atoms with Gasteiger partial charge in [0.05, 0.1) is 18.8 Å². The monoisotopic (exact) mass is 322 g/mol. The van der Waals surface area contributed by atoms with Gasteiger partial charge in [-0.15, -0.1) is 0 Å². The average molecular weight is 322 g/mol. The molecule has 0 radical (unpaired) electrons. The van der Waals surface area contributed by atoms with Crippen LogP contribution in [0.25, 0.3) is 0 Å². The lowest BCUT2D eigenvalue weighted by molar-refractivity contribution is -0.125. The van der Waals surface area contributed by atoms with E-state index in [1.807, 2.05) is 44.2 Å². The number of rotatable bonds is 7. The fourth-order valence-corrected chi connectivity index (χ4v) is 2.09. The number of amides is 2. The lowest BCUT2D eigenvalue weighted by Gasteiger charge is -2.25. The lowest BCUT2D eigenvalue weighted by atomic mass is 10.0. The SMILES string of the molecule is CC(C)OC(=O)NC(C(=O)NC(CO)c1ccccc1)C(C)C. The van der Waals surface area contributed by atoms with Gasteiger partial charge in [-0.25, -0.2) is 4.79 Å². The van der Waals surface area contributed by atoms with Crippen molar-refractivity contribution in [3.8, 4) is 0 Å². The van der Waals surface area contributed by atoms with E-state index in [1.165, 1.54) is 0 Å². The first-order chi connectivity index (χ1) is 10.8. The lowest BCUT2D eigenvalue weighted by Crippen LogP contribution is -2.51. The van der Waals surface area contributed by atoms with E-state index in [0.29, 0.717) is 0 Å². The molecule has 0 aromatic heterocycles. The highest BCUT2D eigenvalue weighted by atomic mass is 16.6. The molecule has 0 saturated heterocycles. The Morgan fingerprint density at radius 3 is 2.17 bits per heavy atom. The molecule has 6 nitrogen and oxygen atoms in total. The molecule has 1 aromatic carbocycles. The van der Waals surface area contributed by atoms with Gasteiger partial charge in [0.15, 0.2) is 0 Å². The van der Waals surface area contributed by atoms with Crippen molar-refractivity contribution in [1.29, 1.82) is 0 Å². The van der Waals surface area contributed by atoms with Crippen molar-refractivity contribution >= 4 is 12.0 Å². The van der Waals surface area contributed by atoms with Gasteiger partial charge in [-0.1, -0.05) is 44.2 Å². The van der Waals surface area contributed by atoms with Crippen molar-refractivity contribution in [2.45, 2.75) is 45.9 Å². The Hall–Kier alpha value is -2.08. The van der Waals surface area contributed by atoms with Crippen LogP contribution in [0.5, 0.6) is 0 Å². The maximum atomic E-state index is 12.5. The van der Waals surface area contributed by atoms with E-state index < -0.39 is 18.2 Å². The van der Waals surface area contributed by atoms with Crippen molar-refractivity contribution in [2.24, 2.45) is 5.92 Å². The first-order valence-electron chi connectivity index (χ1n) is 7.78. The number of alkyl carbamates (subject to hydrolysis) is 1. The molecule has 1 rings (SSSR count). The Labute approximate surface area is 137 Å². The van der Waals surface area contributed by atoms with Crippen LogP contribution in [0.15, 0.2) is 30.3 Å². The van der Waals surface area contributed by atoms with Crippen LogP contribution in [0.4, 0.5) is 4.79 Å². The second-order valence-corrected chi connectivity index (χ2v) is 5.97. The van der Waals surface area contributed by atoms with Crippen molar-refractivity contribution in [3.05, 3.63) is 35.9 Å². The van der Waals surface area contributed by atoms with E-state index in [4.69, 9.17) is 4.74 Å². The summed E-state index contributed by atoms with van der Waals surface area (Å²) < 4.78 is 5.02. The summed E-state index contributed by atoms with van der Waals surface area (Å²) in [5.74, 6) is -0.478. The largest absolute Gasteiger partial charge is 0.447 e. The molecule has 0 bridgehead atoms. The summed E-state index contributed by atoms with van der Waals surface area (Å²) in [7, 11) is 0. The zero-order chi connectivity index (χ0) is 17.4. The zero-order valence-electron chi connectivity index (χ0n) is 14.1. The molecule has 128 valence electrons. The molecular formula is C17H26N2O4. The smallest absolute Gasteiger partial charge is 0.408 e. The van der Waals surface area contributed by atoms with E-state index in [1.54, 1.807) is 13.8 Å². The highest BCUT2D eigenvalue weighted by Gasteiger charge is 2.27. The van der Waals surface area contributed by atoms with Crippen LogP contribution in [-0.4, -0.2) is 35.9 Å². The minimum Gasteiger partial charge on any atom is -0.447 e. The van der Waals surface area contributed by atoms with Crippen molar-refractivity contribution in [2.75, 3.05) is 6.61 Å². The first-order valence-corrected chi connectivity index (χ1v) is 7.78. The molecule has 0 aliphatic rings. The van der Waals surface area contributed by atoms with Gasteiger partial charge in [0, 0.05) is 0 Å². The van der Waals surface area contributed by atoms with Gasteiger partial charge in [0.2, 0.25) is 5.91 Å². The molecule has 1 aromatic rings. The maximum Gasteiger partial charge on any atom is 0.408 e. The van der Waals surface area contributed by atoms with Crippen LogP contribution in [-0.2, 0) is 9.53 Å². The fraction of sp³-hybridized carbons (Fsp3) is 0.529. The third-order valence-corrected chi connectivity index (χ3v) is 3.27. The predicted octanol–water partition coefficient (Wildman–Crippen LogP) is 2.00. The second kappa shape index (κ2) is 9.15. The summed E-state index contributed by atoms with van der Waals surface area (Å²) in [5, 5.41) is 14.9. The van der Waals surface area contributed by atoms with E-state index in [2.05, 4.69) is 10.6 Å². The maximum absolute atomic E-state index is 12.5. The molecule has 0 spiro atoms. The third-order valence-electron chi connectivity index (χ3n) is 3.27. The molecule has 2 atom stereocenters. The Morgan fingerprint density at radius 1 is 1.09 bits per heavy atom. The van der Waals surface area contributed by atoms with Crippen LogP contribution < -0.4 is 10.6 Å². The number of nitrogens with one attached hydrogen (secondary N) is 2. The summed E-state index contributed by atoms with van der Waals surface area (Å²) in [4.78, 5) is 24.2. The molecular weight excluding hydrogens is 296 g/mol. The highest BCUT2D eigenvalue weighted by Crippen LogP contribution is 2.13. The number of carbonyl (C=O) groups excluding carboxylic acids is 2. The molecule has 2 unspecified atom stereocenters. The van der Waals surface area contributed by atoms with Crippen LogP contribution in [0.3, 0.4) is 0 Å². The standard InChI is InChI=1S/C17H26N2O4/c1-11(2)15(19-17(22)23-12(3)4)16(21)18-14(10-20)13-8-6-5-7-9-13/h5-9,11-12,14-15,20H,10H2,1-4H3,(H,18,21)(H,19,22). The van der Waals surface area contributed by atoms with Gasteiger partial charge < -0.3 is 20.5 Å². The molecule has 0 aliphatic carbocycles. The molecule has 23 heavy (non-hydrogen) atoms. The van der Waals surface area contributed by atoms with Gasteiger partial charge in [0.1, 0.15) is 6.04 Å². The van der Waals surface area contributed by atoms with Gasteiger partial charge in [-0.05, 0) is 25.3 Å². The number of benzene rings is 1. The first kappa shape index (κ1) is 19.0. The quantitative estimate of drug-likeness (QED) is 0.716. The molecule has 2 amide bonds. The predicted molar refractivity (Wildman–Crippen MR) is 87.8 cm³/mol. The average Bonchev–Trinajstić information content (AvgIpc) is 2.49. The molecule has 3 N–H and O–H groups in total. The Morgan fingerprint density at radius 2 is 1.70 bits per heavy atom. The van der Waals surface area contributed by atoms with E-state index in [0.717, 1.165) is 5.56 Å². The number of aliphatic hydroxyl groups excluding tert-OH is 1. The van der Waals surface area contributed by atoms with E-state index >= 15 is 0 Å². The summed E-state index contributed by atoms with van der Waals surface area (Å²) in [6, 6.07) is 7.93. The summed E-state index contributed by atoms with van der Waals surface area (Å²) in [6.45, 7) is 6.91. The Bertz CT molecular complexity index is 503. The zero-order valence-corrected chi connectivity index (χ0v) is 14.1. The summed E-state index contributed by atoms with van der Waals surface area (Å²) in [6.07, 6.45) is -0.894. The van der Waals surface area contributed by atoms with E-state index in [-0.39, 0.29) is 24.5 Å². The molecule has 6 heteroatoms. The number of hydrogen-bond donors (Lipinski definition) is 3. The third kappa shape index (κ3) is 6.28. The molecule has 0 fully saturated rings. The Balaban J connectivity index is 2.75. The van der Waals surface area contributed by atoms with Gasteiger partial charge in [-0.3, -0.25) is 4.79 Å². The van der Waals surface area contributed by atoms with Crippen LogP contribution in [0.1, 0.15) is 39.3 Å². The van der Waals surface area contributed by atoms with Gasteiger partial charge in [-0.2, -0.15) is 0 Å². The van der Waals surface area contributed by atoms with Gasteiger partial charge >= 0.3 is 6.09 Å². The summed E-state index contributed by atoms with van der Waals surface area (Å²) >= 11 is 0. The van der Waals surface area contributed by atoms with Crippen molar-refractivity contribution in [3.63, 3.8) is 0 Å². The van der Waals surface area contributed by atoms with E-state index in [9.17, 15) is 14.7 Å². The topological polar surface area (TPSA) is 87.7 Å². The second-order valence-electron chi connectivity index (χ2n) is 5.97. The number of carbonyl (C=O) groups is 2. The number of hydrogen-bond acceptors (Lipinski definition) is 4.